The Bertz CT molecular complexity index is 725. The molecule has 0 saturated carbocycles. The van der Waals surface area contributed by atoms with Gasteiger partial charge in [-0.05, 0) is 43.9 Å². The van der Waals surface area contributed by atoms with Gasteiger partial charge in [0.2, 0.25) is 5.75 Å². The van der Waals surface area contributed by atoms with Crippen LogP contribution in [0.2, 0.25) is 0 Å². The summed E-state index contributed by atoms with van der Waals surface area (Å²) in [6.45, 7) is 0.407. The molecule has 0 aliphatic rings. The van der Waals surface area contributed by atoms with E-state index < -0.39 is 0 Å². The highest BCUT2D eigenvalue weighted by molar-refractivity contribution is 5.89. The molecule has 2 aromatic rings. The van der Waals surface area contributed by atoms with E-state index in [9.17, 15) is 4.79 Å². The molecular weight excluding hydrogens is 346 g/mol. The zero-order valence-corrected chi connectivity index (χ0v) is 16.4. The second-order valence-electron chi connectivity index (χ2n) is 6.14. The van der Waals surface area contributed by atoms with Gasteiger partial charge in [-0.3, -0.25) is 0 Å². The average molecular weight is 373 g/mol. The molecule has 0 bridgehead atoms. The lowest BCUT2D eigenvalue weighted by Crippen LogP contribution is -2.36. The van der Waals surface area contributed by atoms with E-state index in [2.05, 4.69) is 10.6 Å². The second-order valence-corrected chi connectivity index (χ2v) is 6.14. The highest BCUT2D eigenvalue weighted by Gasteiger charge is 2.21. The standard InChI is InChI=1S/C20H27N3O4/c1-23(2)16(13-21-20(24)22-15-9-7-6-8-10-15)14-11-17(25-3)19(27-5)18(12-14)26-4/h6-12,16H,13H2,1-5H3,(H2,21,22,24). The van der Waals surface area contributed by atoms with Crippen molar-refractivity contribution in [3.8, 4) is 17.2 Å². The second kappa shape index (κ2) is 9.68. The van der Waals surface area contributed by atoms with E-state index in [1.165, 1.54) is 0 Å². The van der Waals surface area contributed by atoms with Crippen LogP contribution in [-0.4, -0.2) is 52.9 Å². The van der Waals surface area contributed by atoms with Crippen LogP contribution in [0.4, 0.5) is 10.5 Å². The molecule has 0 aliphatic heterocycles. The van der Waals surface area contributed by atoms with Crippen molar-refractivity contribution in [1.29, 1.82) is 0 Å². The molecule has 0 heterocycles. The zero-order chi connectivity index (χ0) is 19.8. The number of urea groups is 1. The molecule has 7 nitrogen and oxygen atoms in total. The summed E-state index contributed by atoms with van der Waals surface area (Å²) in [5.41, 5.74) is 1.68. The number of methoxy groups -OCH3 is 3. The number of anilines is 1. The molecule has 27 heavy (non-hydrogen) atoms. The first kappa shape index (κ1) is 20.4. The fourth-order valence-corrected chi connectivity index (χ4v) is 2.78. The molecular formula is C20H27N3O4. The van der Waals surface area contributed by atoms with Gasteiger partial charge in [0.25, 0.3) is 0 Å². The van der Waals surface area contributed by atoms with Crippen LogP contribution in [0.1, 0.15) is 11.6 Å². The number of amides is 2. The largest absolute Gasteiger partial charge is 0.493 e. The molecule has 0 fully saturated rings. The van der Waals surface area contributed by atoms with Gasteiger partial charge in [0.1, 0.15) is 0 Å². The summed E-state index contributed by atoms with van der Waals surface area (Å²) in [5.74, 6) is 1.69. The number of nitrogens with zero attached hydrogens (tertiary/aromatic N) is 1. The lowest BCUT2D eigenvalue weighted by Gasteiger charge is -2.26. The molecule has 2 rings (SSSR count). The van der Waals surface area contributed by atoms with Crippen molar-refractivity contribution in [1.82, 2.24) is 10.2 Å². The maximum absolute atomic E-state index is 12.2. The summed E-state index contributed by atoms with van der Waals surface area (Å²) >= 11 is 0. The van der Waals surface area contributed by atoms with E-state index in [1.54, 1.807) is 21.3 Å². The Hall–Kier alpha value is -2.93. The van der Waals surface area contributed by atoms with Crippen LogP contribution >= 0.6 is 0 Å². The molecule has 2 amide bonds. The summed E-state index contributed by atoms with van der Waals surface area (Å²) in [5, 5.41) is 5.72. The predicted molar refractivity (Wildman–Crippen MR) is 106 cm³/mol. The Balaban J connectivity index is 2.16. The number of carbonyl (C=O) groups is 1. The Morgan fingerprint density at radius 3 is 2.07 bits per heavy atom. The highest BCUT2D eigenvalue weighted by atomic mass is 16.5. The van der Waals surface area contributed by atoms with Crippen LogP contribution < -0.4 is 24.8 Å². The number of carbonyl (C=O) groups excluding carboxylic acids is 1. The summed E-state index contributed by atoms with van der Waals surface area (Å²) in [4.78, 5) is 14.2. The van der Waals surface area contributed by atoms with E-state index in [4.69, 9.17) is 14.2 Å². The lowest BCUT2D eigenvalue weighted by atomic mass is 10.0. The number of benzene rings is 2. The van der Waals surface area contributed by atoms with E-state index in [0.717, 1.165) is 11.3 Å². The first-order valence-electron chi connectivity index (χ1n) is 8.56. The average Bonchev–Trinajstić information content (AvgIpc) is 2.67. The SMILES string of the molecule is COc1cc(C(CNC(=O)Nc2ccccc2)N(C)C)cc(OC)c1OC. The molecule has 0 saturated heterocycles. The van der Waals surface area contributed by atoms with Crippen LogP contribution in [-0.2, 0) is 0 Å². The van der Waals surface area contributed by atoms with Gasteiger partial charge in [-0.25, -0.2) is 4.79 Å². The van der Waals surface area contributed by atoms with Crippen molar-refractivity contribution >= 4 is 11.7 Å². The van der Waals surface area contributed by atoms with Crippen molar-refractivity contribution in [2.75, 3.05) is 47.3 Å². The topological polar surface area (TPSA) is 72.1 Å². The Labute approximate surface area is 160 Å². The monoisotopic (exact) mass is 373 g/mol. The van der Waals surface area contributed by atoms with E-state index >= 15 is 0 Å². The van der Waals surface area contributed by atoms with Gasteiger partial charge < -0.3 is 29.7 Å². The van der Waals surface area contributed by atoms with E-state index in [0.29, 0.717) is 23.8 Å². The van der Waals surface area contributed by atoms with Crippen LogP contribution in [0.15, 0.2) is 42.5 Å². The molecule has 1 atom stereocenters. The fraction of sp³-hybridized carbons (Fsp3) is 0.350. The third-order valence-corrected chi connectivity index (χ3v) is 4.18. The maximum Gasteiger partial charge on any atom is 0.319 e. The number of rotatable bonds is 8. The van der Waals surface area contributed by atoms with Crippen LogP contribution in [0.5, 0.6) is 17.2 Å². The number of nitrogens with one attached hydrogen (secondary N) is 2. The number of para-hydroxylation sites is 1. The van der Waals surface area contributed by atoms with Crippen molar-refractivity contribution in [2.24, 2.45) is 0 Å². The van der Waals surface area contributed by atoms with Crippen LogP contribution in [0.3, 0.4) is 0 Å². The molecule has 0 aromatic heterocycles. The quantitative estimate of drug-likeness (QED) is 0.744. The fourth-order valence-electron chi connectivity index (χ4n) is 2.78. The molecule has 2 aromatic carbocycles. The lowest BCUT2D eigenvalue weighted by molar-refractivity contribution is 0.243. The first-order chi connectivity index (χ1) is 13.0. The minimum Gasteiger partial charge on any atom is -0.493 e. The number of hydrogen-bond donors (Lipinski definition) is 2. The normalized spacial score (nSPS) is 11.6. The number of hydrogen-bond acceptors (Lipinski definition) is 5. The first-order valence-corrected chi connectivity index (χ1v) is 8.56. The van der Waals surface area contributed by atoms with Crippen LogP contribution in [0.25, 0.3) is 0 Å². The predicted octanol–water partition coefficient (Wildman–Crippen LogP) is 3.14. The molecule has 146 valence electrons. The van der Waals surface area contributed by atoms with Gasteiger partial charge in [-0.1, -0.05) is 18.2 Å². The van der Waals surface area contributed by atoms with Gasteiger partial charge in [0.15, 0.2) is 11.5 Å². The van der Waals surface area contributed by atoms with Gasteiger partial charge in [-0.15, -0.1) is 0 Å². The Morgan fingerprint density at radius 2 is 1.59 bits per heavy atom. The highest BCUT2D eigenvalue weighted by Crippen LogP contribution is 2.40. The van der Waals surface area contributed by atoms with Gasteiger partial charge in [-0.2, -0.15) is 0 Å². The van der Waals surface area contributed by atoms with Gasteiger partial charge >= 0.3 is 6.03 Å². The molecule has 0 spiro atoms. The summed E-state index contributed by atoms with van der Waals surface area (Å²) in [6.07, 6.45) is 0. The molecule has 0 radical (unpaired) electrons. The maximum atomic E-state index is 12.2. The van der Waals surface area contributed by atoms with Gasteiger partial charge in [0, 0.05) is 12.2 Å². The summed E-state index contributed by atoms with van der Waals surface area (Å²) in [7, 11) is 8.63. The molecule has 0 aliphatic carbocycles. The molecule has 7 heteroatoms. The van der Waals surface area contributed by atoms with Gasteiger partial charge in [0.05, 0.1) is 27.4 Å². The third-order valence-electron chi connectivity index (χ3n) is 4.18. The third kappa shape index (κ3) is 5.27. The van der Waals surface area contributed by atoms with Crippen LogP contribution in [0, 0.1) is 0 Å². The van der Waals surface area contributed by atoms with E-state index in [1.807, 2.05) is 61.5 Å². The minimum absolute atomic E-state index is 0.0831. The van der Waals surface area contributed by atoms with Crippen molar-refractivity contribution in [2.45, 2.75) is 6.04 Å². The smallest absolute Gasteiger partial charge is 0.319 e. The molecule has 2 N–H and O–H groups in total. The zero-order valence-electron chi connectivity index (χ0n) is 16.4. The number of ether oxygens (including phenoxy) is 3. The van der Waals surface area contributed by atoms with E-state index in [-0.39, 0.29) is 12.1 Å². The van der Waals surface area contributed by atoms with Crippen molar-refractivity contribution in [3.05, 3.63) is 48.0 Å². The molecule has 1 unspecified atom stereocenters. The number of likely N-dealkylation sites (N-methyl/N-ethyl adjacent to an activating group) is 1. The van der Waals surface area contributed by atoms with Crippen molar-refractivity contribution in [3.63, 3.8) is 0 Å². The minimum atomic E-state index is -0.263. The van der Waals surface area contributed by atoms with Crippen molar-refractivity contribution < 1.29 is 19.0 Å². The summed E-state index contributed by atoms with van der Waals surface area (Å²) < 4.78 is 16.2. The Kier molecular flexibility index (Phi) is 7.31. The Morgan fingerprint density at radius 1 is 1.00 bits per heavy atom. The summed E-state index contributed by atoms with van der Waals surface area (Å²) in [6, 6.07) is 12.7.